The summed E-state index contributed by atoms with van der Waals surface area (Å²) in [5, 5.41) is 12.3. The van der Waals surface area contributed by atoms with Crippen molar-refractivity contribution in [1.29, 1.82) is 0 Å². The normalized spacial score (nSPS) is 13.9. The summed E-state index contributed by atoms with van der Waals surface area (Å²) < 4.78 is 10.8. The van der Waals surface area contributed by atoms with Gasteiger partial charge in [0.1, 0.15) is 5.75 Å². The summed E-state index contributed by atoms with van der Waals surface area (Å²) in [5.41, 5.74) is 1.85. The topological polar surface area (TPSA) is 105 Å². The van der Waals surface area contributed by atoms with Crippen molar-refractivity contribution in [3.8, 4) is 16.3 Å². The molecular formula is C24H29N5O4S2. The monoisotopic (exact) mass is 515 g/mol. The van der Waals surface area contributed by atoms with Crippen LogP contribution in [0.3, 0.4) is 0 Å². The predicted molar refractivity (Wildman–Crippen MR) is 140 cm³/mol. The maximum atomic E-state index is 12.6. The number of hydrogen-bond acceptors (Lipinski definition) is 8. The molecule has 3 heterocycles. The Labute approximate surface area is 212 Å². The van der Waals surface area contributed by atoms with Crippen molar-refractivity contribution in [2.24, 2.45) is 0 Å². The van der Waals surface area contributed by atoms with Gasteiger partial charge >= 0.3 is 6.03 Å². The number of amides is 3. The lowest BCUT2D eigenvalue weighted by atomic mass is 10.1. The van der Waals surface area contributed by atoms with Crippen LogP contribution in [0.5, 0.6) is 5.75 Å². The van der Waals surface area contributed by atoms with E-state index in [0.29, 0.717) is 28.5 Å². The molecule has 9 nitrogen and oxygen atoms in total. The lowest BCUT2D eigenvalue weighted by molar-refractivity contribution is 0.0374. The summed E-state index contributed by atoms with van der Waals surface area (Å²) in [6.45, 7) is 6.86. The zero-order chi connectivity index (χ0) is 24.6. The Kier molecular flexibility index (Phi) is 8.69. The molecular weight excluding hydrogens is 486 g/mol. The Hall–Kier alpha value is -2.99. The molecule has 1 saturated heterocycles. The molecule has 1 fully saturated rings. The molecule has 11 heteroatoms. The lowest BCUT2D eigenvalue weighted by Crippen LogP contribution is -2.38. The number of aryl methyl sites for hydroxylation is 1. The molecule has 3 amide bonds. The van der Waals surface area contributed by atoms with Crippen molar-refractivity contribution < 1.29 is 19.1 Å². The van der Waals surface area contributed by atoms with Gasteiger partial charge in [0.05, 0.1) is 46.5 Å². The molecule has 1 aliphatic heterocycles. The van der Waals surface area contributed by atoms with Crippen LogP contribution in [0.1, 0.15) is 21.8 Å². The number of thiazole rings is 1. The van der Waals surface area contributed by atoms with E-state index in [4.69, 9.17) is 9.47 Å². The number of morpholine rings is 1. The predicted octanol–water partition coefficient (Wildman–Crippen LogP) is 4.28. The zero-order valence-corrected chi connectivity index (χ0v) is 21.4. The third-order valence-corrected chi connectivity index (χ3v) is 7.26. The van der Waals surface area contributed by atoms with Gasteiger partial charge in [0, 0.05) is 36.8 Å². The molecule has 0 saturated carbocycles. The van der Waals surface area contributed by atoms with Crippen LogP contribution >= 0.6 is 22.7 Å². The lowest BCUT2D eigenvalue weighted by Gasteiger charge is -2.26. The maximum absolute atomic E-state index is 12.6. The van der Waals surface area contributed by atoms with Gasteiger partial charge in [-0.05, 0) is 44.2 Å². The van der Waals surface area contributed by atoms with E-state index >= 15 is 0 Å². The van der Waals surface area contributed by atoms with Crippen molar-refractivity contribution in [2.75, 3.05) is 57.1 Å². The van der Waals surface area contributed by atoms with Crippen LogP contribution in [0.2, 0.25) is 0 Å². The fourth-order valence-corrected chi connectivity index (χ4v) is 5.22. The van der Waals surface area contributed by atoms with Gasteiger partial charge in [-0.2, -0.15) is 0 Å². The summed E-state index contributed by atoms with van der Waals surface area (Å²) in [7, 11) is 1.50. The fraction of sp³-hybridized carbons (Fsp3) is 0.375. The van der Waals surface area contributed by atoms with Gasteiger partial charge in [-0.15, -0.1) is 22.7 Å². The third-order valence-electron chi connectivity index (χ3n) is 5.46. The van der Waals surface area contributed by atoms with E-state index in [1.54, 1.807) is 29.5 Å². The standard InChI is InChI=1S/C24H29N5O4S2/c1-16-26-19(15-34-16)21-6-7-22(35-21)28-24(31)27-17-4-5-18(20(14-17)32-2)23(30)25-8-3-9-29-10-12-33-13-11-29/h4-7,14-15H,3,8-13H2,1-2H3,(H,25,30)(H2,27,28,31). The molecule has 3 N–H and O–H groups in total. The number of carbonyl (C=O) groups excluding carboxylic acids is 2. The highest BCUT2D eigenvalue weighted by Gasteiger charge is 2.15. The van der Waals surface area contributed by atoms with Crippen LogP contribution in [0.25, 0.3) is 10.6 Å². The molecule has 3 aromatic rings. The van der Waals surface area contributed by atoms with Gasteiger partial charge in [-0.3, -0.25) is 15.0 Å². The first-order valence-corrected chi connectivity index (χ1v) is 13.1. The van der Waals surface area contributed by atoms with Gasteiger partial charge in [-0.25, -0.2) is 9.78 Å². The first-order valence-electron chi connectivity index (χ1n) is 11.4. The van der Waals surface area contributed by atoms with Crippen LogP contribution in [-0.2, 0) is 4.74 Å². The minimum Gasteiger partial charge on any atom is -0.496 e. The van der Waals surface area contributed by atoms with E-state index in [1.165, 1.54) is 18.4 Å². The molecule has 2 aromatic heterocycles. The molecule has 0 atom stereocenters. The molecule has 0 spiro atoms. The van der Waals surface area contributed by atoms with Gasteiger partial charge < -0.3 is 20.1 Å². The largest absolute Gasteiger partial charge is 0.496 e. The Morgan fingerprint density at radius 1 is 1.17 bits per heavy atom. The average molecular weight is 516 g/mol. The van der Waals surface area contributed by atoms with Gasteiger partial charge in [0.25, 0.3) is 5.91 Å². The average Bonchev–Trinajstić information content (AvgIpc) is 3.51. The number of rotatable bonds is 9. The Morgan fingerprint density at radius 2 is 2.00 bits per heavy atom. The van der Waals surface area contributed by atoms with Gasteiger partial charge in [0.2, 0.25) is 0 Å². The molecule has 4 rings (SSSR count). The number of carbonyl (C=O) groups is 2. The quantitative estimate of drug-likeness (QED) is 0.368. The van der Waals surface area contributed by atoms with Gasteiger partial charge in [0.15, 0.2) is 0 Å². The third kappa shape index (κ3) is 7.01. The van der Waals surface area contributed by atoms with Crippen LogP contribution in [-0.4, -0.2) is 68.3 Å². The van der Waals surface area contributed by atoms with E-state index < -0.39 is 0 Å². The van der Waals surface area contributed by atoms with Crippen LogP contribution < -0.4 is 20.7 Å². The molecule has 0 radical (unpaired) electrons. The van der Waals surface area contributed by atoms with Crippen molar-refractivity contribution in [1.82, 2.24) is 15.2 Å². The van der Waals surface area contributed by atoms with Crippen molar-refractivity contribution >= 4 is 45.3 Å². The Bertz CT molecular complexity index is 1160. The maximum Gasteiger partial charge on any atom is 0.324 e. The summed E-state index contributed by atoms with van der Waals surface area (Å²) in [5.74, 6) is 0.189. The molecule has 0 unspecified atom stereocenters. The molecule has 1 aromatic carbocycles. The number of benzene rings is 1. The van der Waals surface area contributed by atoms with Crippen LogP contribution in [0.15, 0.2) is 35.7 Å². The number of hydrogen-bond donors (Lipinski definition) is 3. The fourth-order valence-electron chi connectivity index (χ4n) is 3.67. The summed E-state index contributed by atoms with van der Waals surface area (Å²) in [6.07, 6.45) is 0.861. The molecule has 35 heavy (non-hydrogen) atoms. The number of anilines is 2. The first kappa shape index (κ1) is 25.1. The van der Waals surface area contributed by atoms with E-state index in [-0.39, 0.29) is 11.9 Å². The minimum atomic E-state index is -0.379. The van der Waals surface area contributed by atoms with E-state index in [2.05, 4.69) is 25.8 Å². The van der Waals surface area contributed by atoms with Crippen LogP contribution in [0, 0.1) is 6.92 Å². The number of thiophene rings is 1. The second-order valence-electron chi connectivity index (χ2n) is 7.97. The number of nitrogens with one attached hydrogen (secondary N) is 3. The summed E-state index contributed by atoms with van der Waals surface area (Å²) in [4.78, 5) is 32.9. The molecule has 1 aliphatic rings. The second-order valence-corrected chi connectivity index (χ2v) is 10.1. The number of urea groups is 1. The highest BCUT2D eigenvalue weighted by atomic mass is 32.1. The Morgan fingerprint density at radius 3 is 2.74 bits per heavy atom. The highest BCUT2D eigenvalue weighted by Crippen LogP contribution is 2.32. The van der Waals surface area contributed by atoms with Crippen molar-refractivity contribution in [2.45, 2.75) is 13.3 Å². The van der Waals surface area contributed by atoms with Gasteiger partial charge in [-0.1, -0.05) is 0 Å². The number of methoxy groups -OCH3 is 1. The molecule has 186 valence electrons. The minimum absolute atomic E-state index is 0.205. The van der Waals surface area contributed by atoms with Crippen molar-refractivity contribution in [3.05, 3.63) is 46.3 Å². The zero-order valence-electron chi connectivity index (χ0n) is 19.8. The van der Waals surface area contributed by atoms with Crippen molar-refractivity contribution in [3.63, 3.8) is 0 Å². The SMILES string of the molecule is COc1cc(NC(=O)Nc2ccc(-c3csc(C)n3)s2)ccc1C(=O)NCCCN1CCOCC1. The summed E-state index contributed by atoms with van der Waals surface area (Å²) >= 11 is 3.05. The number of nitrogens with zero attached hydrogens (tertiary/aromatic N) is 2. The van der Waals surface area contributed by atoms with E-state index in [1.807, 2.05) is 24.4 Å². The molecule has 0 aliphatic carbocycles. The summed E-state index contributed by atoms with van der Waals surface area (Å²) in [6, 6.07) is 8.38. The first-order chi connectivity index (χ1) is 17.0. The highest BCUT2D eigenvalue weighted by molar-refractivity contribution is 7.19. The van der Waals surface area contributed by atoms with Crippen LogP contribution in [0.4, 0.5) is 15.5 Å². The number of ether oxygens (including phenoxy) is 2. The second kappa shape index (κ2) is 12.1. The number of aromatic nitrogens is 1. The molecule has 0 bridgehead atoms. The van der Waals surface area contributed by atoms with E-state index in [9.17, 15) is 9.59 Å². The van der Waals surface area contributed by atoms with E-state index in [0.717, 1.165) is 54.8 Å². The smallest absolute Gasteiger partial charge is 0.324 e. The Balaban J connectivity index is 1.28.